The Balaban J connectivity index is 2.00. The van der Waals surface area contributed by atoms with Gasteiger partial charge in [-0.15, -0.1) is 11.8 Å². The van der Waals surface area contributed by atoms with Gasteiger partial charge in [-0.25, -0.2) is 0 Å². The Labute approximate surface area is 128 Å². The number of hydrogen-bond donors (Lipinski definition) is 1. The van der Waals surface area contributed by atoms with Gasteiger partial charge in [-0.3, -0.25) is 10.1 Å². The zero-order valence-electron chi connectivity index (χ0n) is 11.9. The Kier molecular flexibility index (Phi) is 5.78. The van der Waals surface area contributed by atoms with Crippen molar-refractivity contribution in [1.82, 2.24) is 5.32 Å². The molecular formula is C16H18N2O2S. The maximum Gasteiger partial charge on any atom is 0.269 e. The van der Waals surface area contributed by atoms with Crippen LogP contribution in [0.3, 0.4) is 0 Å². The van der Waals surface area contributed by atoms with Gasteiger partial charge in [-0.2, -0.15) is 0 Å². The van der Waals surface area contributed by atoms with Crippen LogP contribution in [0.5, 0.6) is 0 Å². The largest absolute Gasteiger partial charge is 0.309 e. The van der Waals surface area contributed by atoms with Crippen LogP contribution < -0.4 is 5.32 Å². The van der Waals surface area contributed by atoms with Crippen LogP contribution in [-0.2, 0) is 0 Å². The van der Waals surface area contributed by atoms with Crippen molar-refractivity contribution >= 4 is 17.4 Å². The molecule has 0 fully saturated rings. The fraction of sp³-hybridized carbons (Fsp3) is 0.250. The van der Waals surface area contributed by atoms with E-state index in [1.807, 2.05) is 18.2 Å². The van der Waals surface area contributed by atoms with E-state index in [-0.39, 0.29) is 16.7 Å². The van der Waals surface area contributed by atoms with Crippen molar-refractivity contribution in [2.45, 2.75) is 17.9 Å². The molecule has 0 saturated heterocycles. The first-order valence-corrected chi connectivity index (χ1v) is 7.85. The number of nitrogens with one attached hydrogen (secondary N) is 1. The number of nitrogens with zero attached hydrogens (tertiary/aromatic N) is 1. The molecule has 0 amide bonds. The Morgan fingerprint density at radius 2 is 1.81 bits per heavy atom. The van der Waals surface area contributed by atoms with E-state index in [1.54, 1.807) is 36.0 Å². The maximum atomic E-state index is 10.6. The molecule has 21 heavy (non-hydrogen) atoms. The minimum Gasteiger partial charge on any atom is -0.309 e. The van der Waals surface area contributed by atoms with E-state index < -0.39 is 0 Å². The minimum atomic E-state index is -0.375. The van der Waals surface area contributed by atoms with E-state index in [2.05, 4.69) is 24.4 Å². The summed E-state index contributed by atoms with van der Waals surface area (Å²) in [5, 5.41) is 14.1. The third kappa shape index (κ3) is 4.58. The zero-order chi connectivity index (χ0) is 15.1. The molecule has 1 atom stereocenters. The summed E-state index contributed by atoms with van der Waals surface area (Å²) in [5.74, 6) is 0.885. The van der Waals surface area contributed by atoms with Crippen LogP contribution in [0.25, 0.3) is 0 Å². The molecule has 4 nitrogen and oxygen atoms in total. The molecule has 0 aliphatic rings. The number of rotatable bonds is 7. The van der Waals surface area contributed by atoms with Crippen molar-refractivity contribution in [3.8, 4) is 0 Å². The first-order valence-electron chi connectivity index (χ1n) is 6.86. The lowest BCUT2D eigenvalue weighted by Gasteiger charge is -2.18. The summed E-state index contributed by atoms with van der Waals surface area (Å²) in [5.41, 5.74) is 1.39. The zero-order valence-corrected chi connectivity index (χ0v) is 12.7. The van der Waals surface area contributed by atoms with Gasteiger partial charge in [0.25, 0.3) is 5.69 Å². The van der Waals surface area contributed by atoms with Crippen LogP contribution in [-0.4, -0.2) is 17.2 Å². The summed E-state index contributed by atoms with van der Waals surface area (Å²) >= 11 is 1.70. The second-order valence-electron chi connectivity index (χ2n) is 4.58. The fourth-order valence-corrected chi connectivity index (χ4v) is 3.05. The summed E-state index contributed by atoms with van der Waals surface area (Å²) in [6, 6.07) is 17.3. The third-order valence-electron chi connectivity index (χ3n) is 3.12. The lowest BCUT2D eigenvalue weighted by molar-refractivity contribution is -0.384. The summed E-state index contributed by atoms with van der Waals surface area (Å²) < 4.78 is 0. The highest BCUT2D eigenvalue weighted by molar-refractivity contribution is 7.99. The quantitative estimate of drug-likeness (QED) is 0.476. The standard InChI is InChI=1S/C16H18N2O2S/c1-2-17-16(13-6-4-3-5-7-13)12-21-15-10-8-14(9-11-15)18(19)20/h3-11,16-17H,2,12H2,1H3. The van der Waals surface area contributed by atoms with E-state index in [0.29, 0.717) is 0 Å². The summed E-state index contributed by atoms with van der Waals surface area (Å²) in [7, 11) is 0. The van der Waals surface area contributed by atoms with Gasteiger partial charge in [0.05, 0.1) is 4.92 Å². The number of hydrogen-bond acceptors (Lipinski definition) is 4. The molecule has 110 valence electrons. The average Bonchev–Trinajstić information content (AvgIpc) is 2.52. The molecule has 2 aromatic carbocycles. The fourth-order valence-electron chi connectivity index (χ4n) is 2.05. The maximum absolute atomic E-state index is 10.6. The average molecular weight is 302 g/mol. The molecule has 0 heterocycles. The third-order valence-corrected chi connectivity index (χ3v) is 4.22. The summed E-state index contributed by atoms with van der Waals surface area (Å²) in [4.78, 5) is 11.3. The molecule has 5 heteroatoms. The van der Waals surface area contributed by atoms with Gasteiger partial charge in [0.2, 0.25) is 0 Å². The van der Waals surface area contributed by atoms with Gasteiger partial charge >= 0.3 is 0 Å². The molecule has 0 aromatic heterocycles. The molecule has 0 aliphatic carbocycles. The van der Waals surface area contributed by atoms with Gasteiger partial charge in [0, 0.05) is 28.8 Å². The van der Waals surface area contributed by atoms with Crippen molar-refractivity contribution in [3.63, 3.8) is 0 Å². The van der Waals surface area contributed by atoms with Crippen molar-refractivity contribution in [2.75, 3.05) is 12.3 Å². The summed E-state index contributed by atoms with van der Waals surface area (Å²) in [6.07, 6.45) is 0. The second-order valence-corrected chi connectivity index (χ2v) is 5.68. The Morgan fingerprint density at radius 3 is 2.38 bits per heavy atom. The van der Waals surface area contributed by atoms with Crippen molar-refractivity contribution in [3.05, 3.63) is 70.3 Å². The van der Waals surface area contributed by atoms with Gasteiger partial charge in [0.15, 0.2) is 0 Å². The monoisotopic (exact) mass is 302 g/mol. The predicted molar refractivity (Wildman–Crippen MR) is 86.7 cm³/mol. The number of nitro benzene ring substituents is 1. The lowest BCUT2D eigenvalue weighted by Crippen LogP contribution is -2.22. The lowest BCUT2D eigenvalue weighted by atomic mass is 10.1. The van der Waals surface area contributed by atoms with Gasteiger partial charge in [-0.1, -0.05) is 37.3 Å². The topological polar surface area (TPSA) is 55.2 Å². The predicted octanol–water partition coefficient (Wildman–Crippen LogP) is 4.04. The van der Waals surface area contributed by atoms with Crippen molar-refractivity contribution < 1.29 is 4.92 Å². The van der Waals surface area contributed by atoms with E-state index in [0.717, 1.165) is 17.2 Å². The van der Waals surface area contributed by atoms with Gasteiger partial charge < -0.3 is 5.32 Å². The molecule has 1 N–H and O–H groups in total. The molecule has 0 spiro atoms. The SMILES string of the molecule is CCNC(CSc1ccc([N+](=O)[O-])cc1)c1ccccc1. The Morgan fingerprint density at radius 1 is 1.14 bits per heavy atom. The number of thioether (sulfide) groups is 1. The minimum absolute atomic E-state index is 0.130. The highest BCUT2D eigenvalue weighted by atomic mass is 32.2. The molecule has 2 aromatic rings. The van der Waals surface area contributed by atoms with Crippen LogP contribution in [0.15, 0.2) is 59.5 Å². The van der Waals surface area contributed by atoms with E-state index in [4.69, 9.17) is 0 Å². The number of benzene rings is 2. The van der Waals surface area contributed by atoms with Crippen LogP contribution in [0.2, 0.25) is 0 Å². The molecule has 0 aliphatic heterocycles. The van der Waals surface area contributed by atoms with Crippen LogP contribution in [0.1, 0.15) is 18.5 Å². The van der Waals surface area contributed by atoms with E-state index in [9.17, 15) is 10.1 Å². The first-order chi connectivity index (χ1) is 10.2. The highest BCUT2D eigenvalue weighted by Crippen LogP contribution is 2.26. The molecule has 0 bridgehead atoms. The molecular weight excluding hydrogens is 284 g/mol. The first kappa shape index (κ1) is 15.5. The normalized spacial score (nSPS) is 12.0. The van der Waals surface area contributed by atoms with Crippen molar-refractivity contribution in [2.24, 2.45) is 0 Å². The second kappa shape index (κ2) is 7.81. The van der Waals surface area contributed by atoms with Gasteiger partial charge in [0.1, 0.15) is 0 Å². The van der Waals surface area contributed by atoms with Crippen LogP contribution >= 0.6 is 11.8 Å². The molecule has 0 saturated carbocycles. The van der Waals surface area contributed by atoms with Crippen LogP contribution in [0, 0.1) is 10.1 Å². The van der Waals surface area contributed by atoms with Crippen molar-refractivity contribution in [1.29, 1.82) is 0 Å². The summed E-state index contributed by atoms with van der Waals surface area (Å²) in [6.45, 7) is 2.99. The van der Waals surface area contributed by atoms with Gasteiger partial charge in [-0.05, 0) is 24.2 Å². The van der Waals surface area contributed by atoms with Crippen LogP contribution in [0.4, 0.5) is 5.69 Å². The Bertz CT molecular complexity index is 573. The number of non-ortho nitro benzene ring substituents is 1. The number of nitro groups is 1. The highest BCUT2D eigenvalue weighted by Gasteiger charge is 2.11. The molecule has 0 radical (unpaired) electrons. The smallest absolute Gasteiger partial charge is 0.269 e. The van der Waals surface area contributed by atoms with E-state index >= 15 is 0 Å². The molecule has 2 rings (SSSR count). The Hall–Kier alpha value is -1.85. The molecule has 1 unspecified atom stereocenters. The van der Waals surface area contributed by atoms with E-state index in [1.165, 1.54) is 5.56 Å².